The first-order valence-corrected chi connectivity index (χ1v) is 15.9. The second-order valence-electron chi connectivity index (χ2n) is 12.9. The van der Waals surface area contributed by atoms with Crippen LogP contribution in [0.25, 0.3) is 5.69 Å². The second kappa shape index (κ2) is 13.9. The summed E-state index contributed by atoms with van der Waals surface area (Å²) in [5, 5.41) is 20.0. The molecule has 0 bridgehead atoms. The number of alkyl halides is 3. The number of aromatic nitrogens is 4. The summed E-state index contributed by atoms with van der Waals surface area (Å²) in [6, 6.07) is 6.90. The predicted octanol–water partition coefficient (Wildman–Crippen LogP) is 4.53. The topological polar surface area (TPSA) is 133 Å². The molecule has 48 heavy (non-hydrogen) atoms. The van der Waals surface area contributed by atoms with Gasteiger partial charge in [0.2, 0.25) is 0 Å². The van der Waals surface area contributed by atoms with Crippen LogP contribution in [0.2, 0.25) is 0 Å². The zero-order chi connectivity index (χ0) is 34.8. The summed E-state index contributed by atoms with van der Waals surface area (Å²) >= 11 is 0. The van der Waals surface area contributed by atoms with E-state index in [-0.39, 0.29) is 29.4 Å². The molecule has 0 unspecified atom stereocenters. The lowest BCUT2D eigenvalue weighted by Gasteiger charge is -2.41. The first kappa shape index (κ1) is 34.8. The van der Waals surface area contributed by atoms with Crippen molar-refractivity contribution in [2.75, 3.05) is 63.1 Å². The number of piperidine rings is 1. The van der Waals surface area contributed by atoms with Gasteiger partial charge >= 0.3 is 12.1 Å². The highest BCUT2D eigenvalue weighted by Crippen LogP contribution is 2.37. The molecule has 0 saturated carbocycles. The third-order valence-electron chi connectivity index (χ3n) is 9.41. The summed E-state index contributed by atoms with van der Waals surface area (Å²) < 4.78 is 49.5. The lowest BCUT2D eigenvalue weighted by atomic mass is 9.81. The van der Waals surface area contributed by atoms with Crippen molar-refractivity contribution < 1.29 is 27.5 Å². The molecule has 0 aliphatic carbocycles. The molecule has 1 aromatic carbocycles. The van der Waals surface area contributed by atoms with Crippen molar-refractivity contribution in [3.8, 4) is 11.8 Å². The van der Waals surface area contributed by atoms with Crippen molar-refractivity contribution in [2.45, 2.75) is 52.8 Å². The average molecular weight is 668 g/mol. The number of ether oxygens (including phenoxy) is 1. The van der Waals surface area contributed by atoms with Gasteiger partial charge in [-0.25, -0.2) is 14.5 Å². The molecule has 2 fully saturated rings. The maximum absolute atomic E-state index is 14.2. The Kier molecular flexibility index (Phi) is 10.1. The fraction of sp³-hybridized carbons (Fsp3) is 0.515. The van der Waals surface area contributed by atoms with Crippen LogP contribution in [-0.4, -0.2) is 101 Å². The van der Waals surface area contributed by atoms with E-state index < -0.39 is 40.4 Å². The van der Waals surface area contributed by atoms with Gasteiger partial charge in [0.25, 0.3) is 5.91 Å². The predicted molar refractivity (Wildman–Crippen MR) is 172 cm³/mol. The van der Waals surface area contributed by atoms with E-state index in [9.17, 15) is 28.0 Å². The Morgan fingerprint density at radius 1 is 1.19 bits per heavy atom. The first-order valence-electron chi connectivity index (χ1n) is 15.9. The van der Waals surface area contributed by atoms with Crippen LogP contribution in [0, 0.1) is 23.7 Å². The molecule has 2 aliphatic rings. The lowest BCUT2D eigenvalue weighted by Crippen LogP contribution is -2.51. The van der Waals surface area contributed by atoms with Crippen LogP contribution < -0.4 is 10.2 Å². The van der Waals surface area contributed by atoms with E-state index in [4.69, 9.17) is 4.74 Å². The number of likely N-dealkylation sites (tertiary alicyclic amines) is 1. The summed E-state index contributed by atoms with van der Waals surface area (Å²) in [5.74, 6) is -1.65. The maximum Gasteiger partial charge on any atom is 0.417 e. The van der Waals surface area contributed by atoms with Crippen LogP contribution in [0.3, 0.4) is 0 Å². The SMILES string of the molecule is CCN1CCN(c2ccc(-n3cc(C(=O)OCC4(C)CCN(C)CC4)nn3)cc2NC(=O)c2cnc(C#N)c(C)c2C(F)(F)F)C[C@H]1C. The van der Waals surface area contributed by atoms with Crippen molar-refractivity contribution in [1.29, 1.82) is 5.26 Å². The molecule has 2 aromatic heterocycles. The monoisotopic (exact) mass is 667 g/mol. The number of nitrogens with zero attached hydrogens (tertiary/aromatic N) is 8. The number of halogens is 3. The number of benzene rings is 1. The molecular weight excluding hydrogens is 627 g/mol. The number of rotatable bonds is 8. The van der Waals surface area contributed by atoms with Crippen molar-refractivity contribution in [2.24, 2.45) is 5.41 Å². The van der Waals surface area contributed by atoms with Gasteiger partial charge in [-0.2, -0.15) is 18.4 Å². The molecule has 5 rings (SSSR count). The minimum atomic E-state index is -4.90. The van der Waals surface area contributed by atoms with E-state index in [0.717, 1.165) is 52.1 Å². The van der Waals surface area contributed by atoms with Gasteiger partial charge < -0.3 is 19.9 Å². The Morgan fingerprint density at radius 3 is 2.56 bits per heavy atom. The number of hydrogen-bond donors (Lipinski definition) is 1. The summed E-state index contributed by atoms with van der Waals surface area (Å²) in [5.41, 5.74) is -1.64. The molecule has 3 aromatic rings. The molecule has 12 nitrogen and oxygen atoms in total. The average Bonchev–Trinajstić information content (AvgIpc) is 3.55. The molecular formula is C33H40F3N9O3. The van der Waals surface area contributed by atoms with Crippen molar-refractivity contribution >= 4 is 23.3 Å². The van der Waals surface area contributed by atoms with Gasteiger partial charge in [-0.05, 0) is 77.1 Å². The van der Waals surface area contributed by atoms with Crippen molar-refractivity contribution in [1.82, 2.24) is 29.8 Å². The molecule has 2 aliphatic heterocycles. The molecule has 256 valence electrons. The highest BCUT2D eigenvalue weighted by atomic mass is 19.4. The number of nitriles is 1. The van der Waals surface area contributed by atoms with Crippen LogP contribution >= 0.6 is 0 Å². The molecule has 15 heteroatoms. The van der Waals surface area contributed by atoms with E-state index in [2.05, 4.69) is 63.1 Å². The largest absolute Gasteiger partial charge is 0.460 e. The minimum Gasteiger partial charge on any atom is -0.460 e. The fourth-order valence-electron chi connectivity index (χ4n) is 6.28. The molecule has 0 radical (unpaired) electrons. The van der Waals surface area contributed by atoms with Crippen LogP contribution in [0.4, 0.5) is 24.5 Å². The number of carbonyl (C=O) groups is 2. The molecule has 0 spiro atoms. The third kappa shape index (κ3) is 7.44. The number of esters is 1. The van der Waals surface area contributed by atoms with Gasteiger partial charge in [-0.3, -0.25) is 9.69 Å². The van der Waals surface area contributed by atoms with Crippen molar-refractivity contribution in [3.63, 3.8) is 0 Å². The number of piperazine rings is 1. The number of hydrogen-bond acceptors (Lipinski definition) is 10. The molecule has 1 N–H and O–H groups in total. The molecule has 2 saturated heterocycles. The quantitative estimate of drug-likeness (QED) is 0.342. The van der Waals surface area contributed by atoms with E-state index in [1.54, 1.807) is 24.3 Å². The van der Waals surface area contributed by atoms with Crippen LogP contribution in [-0.2, 0) is 10.9 Å². The van der Waals surface area contributed by atoms with Gasteiger partial charge in [0.1, 0.15) is 11.8 Å². The summed E-state index contributed by atoms with van der Waals surface area (Å²) in [4.78, 5) is 36.9. The normalized spacial score (nSPS) is 18.7. The Bertz CT molecular complexity index is 1710. The molecule has 4 heterocycles. The Balaban J connectivity index is 1.44. The highest BCUT2D eigenvalue weighted by Gasteiger charge is 2.39. The van der Waals surface area contributed by atoms with E-state index in [1.165, 1.54) is 10.9 Å². The maximum atomic E-state index is 14.2. The number of carbonyl (C=O) groups excluding carboxylic acids is 2. The van der Waals surface area contributed by atoms with Crippen LogP contribution in [0.5, 0.6) is 0 Å². The molecule has 1 atom stereocenters. The third-order valence-corrected chi connectivity index (χ3v) is 9.41. The standard InChI is InChI=1S/C33H40F3N9O3/c1-6-43-13-14-44(18-21(43)2)28-8-7-23(45-19-27(40-41-45)31(47)48-20-32(4)9-11-42(5)12-10-32)15-25(28)39-30(46)24-17-38-26(16-37)22(3)29(24)33(34,35)36/h7-8,15,17,19,21H,6,9-14,18,20H2,1-5H3,(H,39,46)/t21-/m1/s1. The number of nitrogens with one attached hydrogen (secondary N) is 1. The van der Waals surface area contributed by atoms with Gasteiger partial charge in [0, 0.05) is 37.3 Å². The second-order valence-corrected chi connectivity index (χ2v) is 12.9. The minimum absolute atomic E-state index is 0.000321. The van der Waals surface area contributed by atoms with Gasteiger partial charge in [0.15, 0.2) is 5.69 Å². The zero-order valence-electron chi connectivity index (χ0n) is 27.8. The smallest absolute Gasteiger partial charge is 0.417 e. The van der Waals surface area contributed by atoms with Gasteiger partial charge in [0.05, 0.1) is 41.0 Å². The Labute approximate surface area is 277 Å². The lowest BCUT2D eigenvalue weighted by molar-refractivity contribution is -0.138. The number of pyridine rings is 1. The van der Waals surface area contributed by atoms with E-state index in [1.807, 2.05) is 0 Å². The van der Waals surface area contributed by atoms with E-state index >= 15 is 0 Å². The Morgan fingerprint density at radius 2 is 1.92 bits per heavy atom. The van der Waals surface area contributed by atoms with Crippen molar-refractivity contribution in [3.05, 3.63) is 58.7 Å². The van der Waals surface area contributed by atoms with E-state index in [0.29, 0.717) is 24.5 Å². The van der Waals surface area contributed by atoms with Gasteiger partial charge in [-0.15, -0.1) is 5.10 Å². The summed E-state index contributed by atoms with van der Waals surface area (Å²) in [6.07, 6.45) is -0.912. The highest BCUT2D eigenvalue weighted by molar-refractivity contribution is 6.07. The Hall–Kier alpha value is -4.55. The number of anilines is 2. The summed E-state index contributed by atoms with van der Waals surface area (Å²) in [6.45, 7) is 12.4. The van der Waals surface area contributed by atoms with Gasteiger partial charge in [-0.1, -0.05) is 19.1 Å². The fourth-order valence-corrected chi connectivity index (χ4v) is 6.28. The number of likely N-dealkylation sites (N-methyl/N-ethyl adjacent to an activating group) is 1. The van der Waals surface area contributed by atoms with Crippen LogP contribution in [0.1, 0.15) is 71.3 Å². The summed E-state index contributed by atoms with van der Waals surface area (Å²) in [7, 11) is 2.06. The molecule has 1 amide bonds. The zero-order valence-corrected chi connectivity index (χ0v) is 27.8. The van der Waals surface area contributed by atoms with Crippen LogP contribution in [0.15, 0.2) is 30.6 Å². The number of amides is 1. The first-order chi connectivity index (χ1) is 22.7.